The first kappa shape index (κ1) is 17.6. The fraction of sp³-hybridized carbons (Fsp3) is 0.471. The topological polar surface area (TPSA) is 75.1 Å². The van der Waals surface area contributed by atoms with Crippen LogP contribution in [0.25, 0.3) is 0 Å². The molecule has 0 aliphatic rings. The normalized spacial score (nSPS) is 12.1. The number of hydrogen-bond acceptors (Lipinski definition) is 5. The molecule has 5 nitrogen and oxygen atoms in total. The molecule has 1 atom stereocenters. The average molecular weight is 333 g/mol. The van der Waals surface area contributed by atoms with Crippen LogP contribution in [0.2, 0.25) is 0 Å². The van der Waals surface area contributed by atoms with Crippen molar-refractivity contribution in [2.24, 2.45) is 0 Å². The van der Waals surface area contributed by atoms with E-state index in [1.165, 1.54) is 5.56 Å². The Kier molecular flexibility index (Phi) is 7.16. The molecular formula is C17H23N3O2S. The minimum atomic E-state index is -0.0979. The Morgan fingerprint density at radius 1 is 1.30 bits per heavy atom. The quantitative estimate of drug-likeness (QED) is 0.740. The van der Waals surface area contributed by atoms with Gasteiger partial charge in [0.25, 0.3) is 5.91 Å². The minimum Gasteiger partial charge on any atom is -0.396 e. The van der Waals surface area contributed by atoms with Gasteiger partial charge in [0.15, 0.2) is 0 Å². The number of aromatic nitrogens is 2. The van der Waals surface area contributed by atoms with Crippen LogP contribution in [0.1, 0.15) is 53.0 Å². The van der Waals surface area contributed by atoms with Crippen molar-refractivity contribution in [1.82, 2.24) is 14.9 Å². The number of aliphatic hydroxyl groups is 1. The van der Waals surface area contributed by atoms with Crippen LogP contribution >= 0.6 is 11.5 Å². The number of benzene rings is 1. The summed E-state index contributed by atoms with van der Waals surface area (Å²) in [5, 5.41) is 16.2. The van der Waals surface area contributed by atoms with Gasteiger partial charge in [0.1, 0.15) is 4.88 Å². The molecule has 1 heterocycles. The number of carbonyl (C=O) groups is 1. The molecule has 1 aromatic heterocycles. The first-order valence-electron chi connectivity index (χ1n) is 8.01. The van der Waals surface area contributed by atoms with Crippen molar-refractivity contribution in [3.63, 3.8) is 0 Å². The highest BCUT2D eigenvalue weighted by Gasteiger charge is 2.16. The third-order valence-corrected chi connectivity index (χ3v) is 4.54. The summed E-state index contributed by atoms with van der Waals surface area (Å²) in [5.74, 6) is 0.149. The van der Waals surface area contributed by atoms with Crippen LogP contribution in [0.15, 0.2) is 30.3 Å². The highest BCUT2D eigenvalue weighted by molar-refractivity contribution is 7.08. The second-order valence-corrected chi connectivity index (χ2v) is 6.22. The predicted octanol–water partition coefficient (Wildman–Crippen LogP) is 2.78. The Hall–Kier alpha value is -1.79. The molecule has 0 fully saturated rings. The maximum Gasteiger partial charge on any atom is 0.264 e. The van der Waals surface area contributed by atoms with Gasteiger partial charge in [-0.2, -0.15) is 0 Å². The summed E-state index contributed by atoms with van der Waals surface area (Å²) in [4.78, 5) is 12.9. The largest absolute Gasteiger partial charge is 0.396 e. The van der Waals surface area contributed by atoms with Crippen molar-refractivity contribution >= 4 is 17.4 Å². The number of rotatable bonds is 9. The molecule has 0 aliphatic heterocycles. The number of aliphatic hydroxyl groups excluding tert-OH is 1. The number of carbonyl (C=O) groups excluding carboxylic acids is 1. The zero-order valence-electron chi connectivity index (χ0n) is 13.4. The molecule has 0 radical (unpaired) electrons. The van der Waals surface area contributed by atoms with Gasteiger partial charge in [-0.05, 0) is 42.3 Å². The van der Waals surface area contributed by atoms with E-state index in [1.54, 1.807) is 0 Å². The summed E-state index contributed by atoms with van der Waals surface area (Å²) in [6, 6.07) is 10.1. The summed E-state index contributed by atoms with van der Waals surface area (Å²) < 4.78 is 3.88. The van der Waals surface area contributed by atoms with Crippen molar-refractivity contribution in [2.75, 3.05) is 13.2 Å². The third kappa shape index (κ3) is 5.11. The molecule has 23 heavy (non-hydrogen) atoms. The van der Waals surface area contributed by atoms with Crippen molar-refractivity contribution in [1.29, 1.82) is 0 Å². The number of nitrogens with one attached hydrogen (secondary N) is 1. The average Bonchev–Trinajstić information content (AvgIpc) is 3.03. The standard InChI is InChI=1S/C17H23N3O2S/c1-2-6-15-16(23-20-19-15)17(22)18-11-9-14(10-12-21)13-7-4-3-5-8-13/h3-5,7-8,14,21H,2,6,9-12H2,1H3,(H,18,22). The second kappa shape index (κ2) is 9.37. The molecule has 2 rings (SSSR count). The molecule has 124 valence electrons. The lowest BCUT2D eigenvalue weighted by atomic mass is 9.93. The lowest BCUT2D eigenvalue weighted by molar-refractivity contribution is 0.0955. The zero-order valence-corrected chi connectivity index (χ0v) is 14.2. The van der Waals surface area contributed by atoms with E-state index in [9.17, 15) is 9.90 Å². The Morgan fingerprint density at radius 2 is 2.09 bits per heavy atom. The van der Waals surface area contributed by atoms with E-state index >= 15 is 0 Å². The molecule has 0 aliphatic carbocycles. The zero-order chi connectivity index (χ0) is 16.5. The Labute approximate surface area is 140 Å². The van der Waals surface area contributed by atoms with Crippen LogP contribution < -0.4 is 5.32 Å². The molecule has 0 saturated heterocycles. The van der Waals surface area contributed by atoms with Crippen molar-refractivity contribution in [3.05, 3.63) is 46.5 Å². The smallest absolute Gasteiger partial charge is 0.264 e. The first-order chi connectivity index (χ1) is 11.3. The van der Waals surface area contributed by atoms with Crippen molar-refractivity contribution in [3.8, 4) is 0 Å². The number of hydrogen-bond donors (Lipinski definition) is 2. The van der Waals surface area contributed by atoms with Gasteiger partial charge in [0.2, 0.25) is 0 Å². The van der Waals surface area contributed by atoms with Crippen molar-refractivity contribution < 1.29 is 9.90 Å². The molecular weight excluding hydrogens is 310 g/mol. The van der Waals surface area contributed by atoms with Crippen LogP contribution in [0.5, 0.6) is 0 Å². The first-order valence-corrected chi connectivity index (χ1v) is 8.78. The number of aryl methyl sites for hydroxylation is 1. The van der Waals surface area contributed by atoms with Gasteiger partial charge < -0.3 is 10.4 Å². The number of nitrogens with zero attached hydrogens (tertiary/aromatic N) is 2. The van der Waals surface area contributed by atoms with E-state index in [1.807, 2.05) is 18.2 Å². The second-order valence-electron chi connectivity index (χ2n) is 5.46. The van der Waals surface area contributed by atoms with E-state index in [-0.39, 0.29) is 18.4 Å². The highest BCUT2D eigenvalue weighted by atomic mass is 32.1. The van der Waals surface area contributed by atoms with Gasteiger partial charge in [0.05, 0.1) is 5.69 Å². The summed E-state index contributed by atoms with van der Waals surface area (Å²) in [6.45, 7) is 2.77. The van der Waals surface area contributed by atoms with Crippen LogP contribution in [0.3, 0.4) is 0 Å². The predicted molar refractivity (Wildman–Crippen MR) is 91.7 cm³/mol. The SMILES string of the molecule is CCCc1nnsc1C(=O)NCCC(CCO)c1ccccc1. The van der Waals surface area contributed by atoms with Crippen LogP contribution in [-0.4, -0.2) is 33.8 Å². The Balaban J connectivity index is 1.89. The highest BCUT2D eigenvalue weighted by Crippen LogP contribution is 2.22. The molecule has 0 saturated carbocycles. The van der Waals surface area contributed by atoms with Gasteiger partial charge in [-0.25, -0.2) is 0 Å². The minimum absolute atomic E-state index is 0.0979. The third-order valence-electron chi connectivity index (χ3n) is 3.78. The maximum absolute atomic E-state index is 12.2. The molecule has 6 heteroatoms. The van der Waals surface area contributed by atoms with E-state index in [0.29, 0.717) is 17.8 Å². The van der Waals surface area contributed by atoms with Crippen LogP contribution in [-0.2, 0) is 6.42 Å². The lowest BCUT2D eigenvalue weighted by Crippen LogP contribution is -2.26. The Morgan fingerprint density at radius 3 is 2.78 bits per heavy atom. The Bertz CT molecular complexity index is 601. The van der Waals surface area contributed by atoms with E-state index < -0.39 is 0 Å². The van der Waals surface area contributed by atoms with Gasteiger partial charge in [0, 0.05) is 13.2 Å². The van der Waals surface area contributed by atoms with Crippen molar-refractivity contribution in [2.45, 2.75) is 38.5 Å². The fourth-order valence-corrected chi connectivity index (χ4v) is 3.20. The maximum atomic E-state index is 12.2. The van der Waals surface area contributed by atoms with Gasteiger partial charge in [-0.1, -0.05) is 48.2 Å². The van der Waals surface area contributed by atoms with E-state index in [2.05, 4.69) is 34.0 Å². The van der Waals surface area contributed by atoms with E-state index in [4.69, 9.17) is 0 Å². The summed E-state index contributed by atoms with van der Waals surface area (Å²) >= 11 is 1.15. The molecule has 2 N–H and O–H groups in total. The molecule has 2 aromatic rings. The fourth-order valence-electron chi connectivity index (χ4n) is 2.58. The molecule has 0 spiro atoms. The van der Waals surface area contributed by atoms with Crippen LogP contribution in [0.4, 0.5) is 0 Å². The summed E-state index contributed by atoms with van der Waals surface area (Å²) in [6.07, 6.45) is 3.21. The molecule has 0 bridgehead atoms. The monoisotopic (exact) mass is 333 g/mol. The van der Waals surface area contributed by atoms with Gasteiger partial charge >= 0.3 is 0 Å². The number of amides is 1. The lowest BCUT2D eigenvalue weighted by Gasteiger charge is -2.16. The van der Waals surface area contributed by atoms with Gasteiger partial charge in [-0.3, -0.25) is 4.79 Å². The van der Waals surface area contributed by atoms with Crippen LogP contribution in [0, 0.1) is 0 Å². The molecule has 1 aromatic carbocycles. The van der Waals surface area contributed by atoms with Gasteiger partial charge in [-0.15, -0.1) is 5.10 Å². The summed E-state index contributed by atoms with van der Waals surface area (Å²) in [7, 11) is 0. The summed E-state index contributed by atoms with van der Waals surface area (Å²) in [5.41, 5.74) is 1.98. The van der Waals surface area contributed by atoms with E-state index in [0.717, 1.165) is 36.5 Å². The molecule has 1 unspecified atom stereocenters. The molecule has 1 amide bonds.